The molecule has 0 spiro atoms. The molecule has 0 amide bonds. The third kappa shape index (κ3) is 4.52. The molecule has 0 unspecified atom stereocenters. The van der Waals surface area contributed by atoms with Gasteiger partial charge in [-0.05, 0) is 47.7 Å². The Balaban J connectivity index is 2.35. The van der Waals surface area contributed by atoms with E-state index in [9.17, 15) is 0 Å². The SMILES string of the molecule is COCCCCCNc1ncc(N)c(C)c1Br. The number of hydrogen-bond donors (Lipinski definition) is 2. The molecule has 5 heteroatoms. The van der Waals surface area contributed by atoms with Gasteiger partial charge in [-0.15, -0.1) is 0 Å². The number of nitrogens with two attached hydrogens (primary N) is 1. The summed E-state index contributed by atoms with van der Waals surface area (Å²) in [7, 11) is 1.73. The number of aromatic nitrogens is 1. The zero-order valence-electron chi connectivity index (χ0n) is 10.4. The van der Waals surface area contributed by atoms with Crippen molar-refractivity contribution < 1.29 is 4.74 Å². The minimum absolute atomic E-state index is 0.711. The molecule has 0 saturated heterocycles. The third-order valence-corrected chi connectivity index (χ3v) is 3.59. The van der Waals surface area contributed by atoms with Crippen molar-refractivity contribution >= 4 is 27.4 Å². The number of unbranched alkanes of at least 4 members (excludes halogenated alkanes) is 2. The van der Waals surface area contributed by atoms with Gasteiger partial charge in [0.15, 0.2) is 0 Å². The van der Waals surface area contributed by atoms with Gasteiger partial charge in [-0.1, -0.05) is 0 Å². The number of ether oxygens (including phenoxy) is 1. The summed E-state index contributed by atoms with van der Waals surface area (Å²) in [5.41, 5.74) is 7.51. The molecule has 0 aliphatic carbocycles. The average Bonchev–Trinajstić information content (AvgIpc) is 2.33. The summed E-state index contributed by atoms with van der Waals surface area (Å²) in [5, 5.41) is 3.30. The number of nitrogens with one attached hydrogen (secondary N) is 1. The van der Waals surface area contributed by atoms with E-state index < -0.39 is 0 Å². The highest BCUT2D eigenvalue weighted by Crippen LogP contribution is 2.27. The van der Waals surface area contributed by atoms with Crippen molar-refractivity contribution in [1.29, 1.82) is 0 Å². The van der Waals surface area contributed by atoms with E-state index in [1.54, 1.807) is 13.3 Å². The van der Waals surface area contributed by atoms with E-state index in [1.807, 2.05) is 6.92 Å². The molecule has 0 fully saturated rings. The number of rotatable bonds is 7. The molecule has 1 rings (SSSR count). The van der Waals surface area contributed by atoms with Crippen molar-refractivity contribution in [2.45, 2.75) is 26.2 Å². The van der Waals surface area contributed by atoms with E-state index in [2.05, 4.69) is 26.2 Å². The van der Waals surface area contributed by atoms with E-state index in [1.165, 1.54) is 0 Å². The maximum absolute atomic E-state index is 5.77. The first-order valence-corrected chi connectivity index (χ1v) is 6.59. The topological polar surface area (TPSA) is 60.2 Å². The van der Waals surface area contributed by atoms with Crippen LogP contribution < -0.4 is 11.1 Å². The maximum Gasteiger partial charge on any atom is 0.140 e. The summed E-state index contributed by atoms with van der Waals surface area (Å²) in [5.74, 6) is 0.864. The molecule has 0 radical (unpaired) electrons. The molecular weight excluding hydrogens is 282 g/mol. The molecule has 17 heavy (non-hydrogen) atoms. The van der Waals surface area contributed by atoms with E-state index >= 15 is 0 Å². The highest BCUT2D eigenvalue weighted by Gasteiger charge is 2.06. The normalized spacial score (nSPS) is 10.5. The average molecular weight is 302 g/mol. The smallest absolute Gasteiger partial charge is 0.140 e. The van der Waals surface area contributed by atoms with Crippen LogP contribution in [0.25, 0.3) is 0 Å². The van der Waals surface area contributed by atoms with Crippen LogP contribution in [0.1, 0.15) is 24.8 Å². The van der Waals surface area contributed by atoms with E-state index in [-0.39, 0.29) is 0 Å². The first kappa shape index (κ1) is 14.3. The van der Waals surface area contributed by atoms with Crippen molar-refractivity contribution in [2.24, 2.45) is 0 Å². The van der Waals surface area contributed by atoms with Crippen molar-refractivity contribution in [1.82, 2.24) is 4.98 Å². The second-order valence-electron chi connectivity index (χ2n) is 3.98. The van der Waals surface area contributed by atoms with Crippen LogP contribution in [-0.2, 0) is 4.74 Å². The van der Waals surface area contributed by atoms with Crippen LogP contribution in [0.4, 0.5) is 11.5 Å². The number of nitrogens with zero attached hydrogens (tertiary/aromatic N) is 1. The molecule has 0 saturated carbocycles. The highest BCUT2D eigenvalue weighted by molar-refractivity contribution is 9.10. The Bertz CT molecular complexity index is 358. The zero-order chi connectivity index (χ0) is 12.7. The monoisotopic (exact) mass is 301 g/mol. The fourth-order valence-electron chi connectivity index (χ4n) is 1.47. The molecule has 1 aromatic rings. The summed E-state index contributed by atoms with van der Waals surface area (Å²) < 4.78 is 5.95. The quantitative estimate of drug-likeness (QED) is 0.760. The molecule has 1 aromatic heterocycles. The lowest BCUT2D eigenvalue weighted by atomic mass is 10.2. The lowest BCUT2D eigenvalue weighted by molar-refractivity contribution is 0.192. The van der Waals surface area contributed by atoms with Crippen molar-refractivity contribution in [3.05, 3.63) is 16.2 Å². The van der Waals surface area contributed by atoms with Gasteiger partial charge in [0.25, 0.3) is 0 Å². The standard InChI is InChI=1S/C12H20BrN3O/c1-9-10(14)8-16-12(11(9)13)15-6-4-3-5-7-17-2/h8H,3-7,14H2,1-2H3,(H,15,16). The summed E-state index contributed by atoms with van der Waals surface area (Å²) >= 11 is 3.50. The molecule has 0 aliphatic rings. The maximum atomic E-state index is 5.77. The van der Waals surface area contributed by atoms with Crippen LogP contribution in [0.15, 0.2) is 10.7 Å². The van der Waals surface area contributed by atoms with Gasteiger partial charge in [-0.3, -0.25) is 0 Å². The van der Waals surface area contributed by atoms with Crippen LogP contribution in [0, 0.1) is 6.92 Å². The van der Waals surface area contributed by atoms with Crippen LogP contribution in [0.3, 0.4) is 0 Å². The number of hydrogen-bond acceptors (Lipinski definition) is 4. The van der Waals surface area contributed by atoms with E-state index in [0.29, 0.717) is 5.69 Å². The lowest BCUT2D eigenvalue weighted by Gasteiger charge is -2.10. The largest absolute Gasteiger partial charge is 0.397 e. The fourth-order valence-corrected chi connectivity index (χ4v) is 1.94. The molecular formula is C12H20BrN3O. The zero-order valence-corrected chi connectivity index (χ0v) is 12.0. The lowest BCUT2D eigenvalue weighted by Crippen LogP contribution is -2.06. The molecule has 96 valence electrons. The highest BCUT2D eigenvalue weighted by atomic mass is 79.9. The van der Waals surface area contributed by atoms with Crippen LogP contribution in [-0.4, -0.2) is 25.2 Å². The Morgan fingerprint density at radius 1 is 1.41 bits per heavy atom. The molecule has 0 aliphatic heterocycles. The third-order valence-electron chi connectivity index (χ3n) is 2.62. The number of methoxy groups -OCH3 is 1. The fraction of sp³-hybridized carbons (Fsp3) is 0.583. The van der Waals surface area contributed by atoms with Gasteiger partial charge < -0.3 is 15.8 Å². The Morgan fingerprint density at radius 2 is 2.18 bits per heavy atom. The Hall–Kier alpha value is -0.810. The Kier molecular flexibility index (Phi) is 6.29. The van der Waals surface area contributed by atoms with Gasteiger partial charge in [0.1, 0.15) is 5.82 Å². The molecule has 0 aromatic carbocycles. The van der Waals surface area contributed by atoms with Gasteiger partial charge in [0.05, 0.1) is 16.4 Å². The molecule has 4 nitrogen and oxygen atoms in total. The molecule has 0 atom stereocenters. The first-order chi connectivity index (χ1) is 8.16. The summed E-state index contributed by atoms with van der Waals surface area (Å²) in [6.07, 6.45) is 5.06. The Morgan fingerprint density at radius 3 is 2.88 bits per heavy atom. The van der Waals surface area contributed by atoms with E-state index in [4.69, 9.17) is 10.5 Å². The molecule has 1 heterocycles. The van der Waals surface area contributed by atoms with Crippen LogP contribution in [0.5, 0.6) is 0 Å². The Labute approximate surface area is 111 Å². The van der Waals surface area contributed by atoms with Crippen LogP contribution >= 0.6 is 15.9 Å². The summed E-state index contributed by atoms with van der Waals surface area (Å²) in [4.78, 5) is 4.26. The molecule has 0 bridgehead atoms. The number of anilines is 2. The second-order valence-corrected chi connectivity index (χ2v) is 4.77. The number of halogens is 1. The number of pyridine rings is 1. The summed E-state index contributed by atoms with van der Waals surface area (Å²) in [6.45, 7) is 3.73. The van der Waals surface area contributed by atoms with Gasteiger partial charge in [0.2, 0.25) is 0 Å². The van der Waals surface area contributed by atoms with Gasteiger partial charge in [-0.2, -0.15) is 0 Å². The minimum Gasteiger partial charge on any atom is -0.397 e. The van der Waals surface area contributed by atoms with Gasteiger partial charge in [0, 0.05) is 20.3 Å². The van der Waals surface area contributed by atoms with Crippen molar-refractivity contribution in [3.63, 3.8) is 0 Å². The van der Waals surface area contributed by atoms with Crippen molar-refractivity contribution in [3.8, 4) is 0 Å². The molecule has 3 N–H and O–H groups in total. The number of nitrogen functional groups attached to an aromatic ring is 1. The minimum atomic E-state index is 0.711. The summed E-state index contributed by atoms with van der Waals surface area (Å²) in [6, 6.07) is 0. The predicted octanol–water partition coefficient (Wildman–Crippen LogP) is 2.96. The predicted molar refractivity (Wildman–Crippen MR) is 75.3 cm³/mol. The van der Waals surface area contributed by atoms with Gasteiger partial charge in [-0.25, -0.2) is 4.98 Å². The van der Waals surface area contributed by atoms with E-state index in [0.717, 1.165) is 48.3 Å². The second kappa shape index (κ2) is 7.50. The first-order valence-electron chi connectivity index (χ1n) is 5.80. The van der Waals surface area contributed by atoms with Crippen LogP contribution in [0.2, 0.25) is 0 Å². The van der Waals surface area contributed by atoms with Gasteiger partial charge >= 0.3 is 0 Å². The van der Waals surface area contributed by atoms with Crippen molar-refractivity contribution in [2.75, 3.05) is 31.3 Å².